The number of nitrogens with one attached hydrogen (secondary N) is 2. The van der Waals surface area contributed by atoms with Crippen LogP contribution in [0.15, 0.2) is 4.99 Å². The minimum Gasteiger partial charge on any atom is -0.376 e. The Labute approximate surface area is 159 Å². The lowest BCUT2D eigenvalue weighted by atomic mass is 9.98. The van der Waals surface area contributed by atoms with Crippen molar-refractivity contribution in [3.63, 3.8) is 0 Å². The first-order chi connectivity index (χ1) is 10.7. The molecule has 2 saturated heterocycles. The van der Waals surface area contributed by atoms with E-state index in [0.717, 1.165) is 44.5 Å². The summed E-state index contributed by atoms with van der Waals surface area (Å²) in [7, 11) is 0. The van der Waals surface area contributed by atoms with Gasteiger partial charge in [-0.1, -0.05) is 6.92 Å². The average molecular weight is 438 g/mol. The number of halogens is 1. The van der Waals surface area contributed by atoms with E-state index in [2.05, 4.69) is 36.3 Å². The summed E-state index contributed by atoms with van der Waals surface area (Å²) in [4.78, 5) is 7.34. The Morgan fingerprint density at radius 3 is 2.61 bits per heavy atom. The highest BCUT2D eigenvalue weighted by Crippen LogP contribution is 2.18. The van der Waals surface area contributed by atoms with Gasteiger partial charge in [0.05, 0.1) is 12.6 Å². The number of rotatable bonds is 6. The van der Waals surface area contributed by atoms with Gasteiger partial charge in [-0.25, -0.2) is 0 Å². The van der Waals surface area contributed by atoms with Gasteiger partial charge >= 0.3 is 0 Å². The van der Waals surface area contributed by atoms with Crippen molar-refractivity contribution in [2.45, 2.75) is 58.6 Å². The van der Waals surface area contributed by atoms with E-state index in [9.17, 15) is 0 Å². The second-order valence-corrected chi connectivity index (χ2v) is 6.80. The first-order valence-electron chi connectivity index (χ1n) is 9.07. The van der Waals surface area contributed by atoms with Crippen LogP contribution in [0, 0.1) is 5.92 Å². The van der Waals surface area contributed by atoms with Crippen molar-refractivity contribution in [1.82, 2.24) is 15.5 Å². The molecule has 0 radical (unpaired) electrons. The quantitative estimate of drug-likeness (QED) is 0.380. The zero-order valence-corrected chi connectivity index (χ0v) is 17.3. The van der Waals surface area contributed by atoms with Crippen LogP contribution in [-0.4, -0.2) is 62.3 Å². The smallest absolute Gasteiger partial charge is 0.191 e. The van der Waals surface area contributed by atoms with Crippen LogP contribution in [0.25, 0.3) is 0 Å². The van der Waals surface area contributed by atoms with E-state index in [4.69, 9.17) is 9.73 Å². The average Bonchev–Trinajstić information content (AvgIpc) is 3.04. The van der Waals surface area contributed by atoms with Crippen LogP contribution in [0.4, 0.5) is 0 Å². The minimum absolute atomic E-state index is 0. The fourth-order valence-corrected chi connectivity index (χ4v) is 3.17. The number of guanidine groups is 1. The molecule has 0 aliphatic carbocycles. The van der Waals surface area contributed by atoms with Gasteiger partial charge in [0.25, 0.3) is 0 Å². The van der Waals surface area contributed by atoms with Crippen LogP contribution in [0.2, 0.25) is 0 Å². The second kappa shape index (κ2) is 11.5. The lowest BCUT2D eigenvalue weighted by molar-refractivity contribution is 0.113. The van der Waals surface area contributed by atoms with Gasteiger partial charge in [0.2, 0.25) is 0 Å². The molecular formula is C17H35IN4O. The molecule has 0 amide bonds. The Hall–Kier alpha value is -0.0800. The van der Waals surface area contributed by atoms with Gasteiger partial charge in [-0.2, -0.15) is 0 Å². The number of hydrogen-bond donors (Lipinski definition) is 2. The van der Waals surface area contributed by atoms with Crippen LogP contribution in [-0.2, 0) is 4.74 Å². The largest absolute Gasteiger partial charge is 0.376 e. The Morgan fingerprint density at radius 2 is 2.00 bits per heavy atom. The van der Waals surface area contributed by atoms with Crippen LogP contribution in [0.3, 0.4) is 0 Å². The normalized spacial score (nSPS) is 25.0. The highest BCUT2D eigenvalue weighted by molar-refractivity contribution is 14.0. The SMILES string of the molecule is CCNC(=NCC(C)N1CCC(C)CC1)NCC1CCCO1.I. The van der Waals surface area contributed by atoms with Crippen molar-refractivity contribution < 1.29 is 4.74 Å². The highest BCUT2D eigenvalue weighted by Gasteiger charge is 2.20. The first-order valence-corrected chi connectivity index (χ1v) is 9.07. The molecule has 0 bridgehead atoms. The molecule has 2 unspecified atom stereocenters. The molecule has 2 aliphatic rings. The Bertz CT molecular complexity index is 339. The van der Waals surface area contributed by atoms with Crippen molar-refractivity contribution in [3.8, 4) is 0 Å². The number of ether oxygens (including phenoxy) is 1. The van der Waals surface area contributed by atoms with Gasteiger partial charge in [0.15, 0.2) is 5.96 Å². The summed E-state index contributed by atoms with van der Waals surface area (Å²) < 4.78 is 5.66. The standard InChI is InChI=1S/C17H34N4O.HI/c1-4-18-17(20-13-16-6-5-11-22-16)19-12-15(3)21-9-7-14(2)8-10-21;/h14-16H,4-13H2,1-3H3,(H2,18,19,20);1H. The van der Waals surface area contributed by atoms with E-state index in [0.29, 0.717) is 12.1 Å². The van der Waals surface area contributed by atoms with Gasteiger partial charge in [-0.15, -0.1) is 24.0 Å². The molecule has 2 fully saturated rings. The zero-order valence-electron chi connectivity index (χ0n) is 15.0. The summed E-state index contributed by atoms with van der Waals surface area (Å²) >= 11 is 0. The van der Waals surface area contributed by atoms with Gasteiger partial charge < -0.3 is 15.4 Å². The third-order valence-corrected chi connectivity index (χ3v) is 4.82. The molecule has 0 spiro atoms. The maximum atomic E-state index is 5.66. The molecule has 2 N–H and O–H groups in total. The molecule has 0 aromatic carbocycles. The van der Waals surface area contributed by atoms with Gasteiger partial charge in [-0.3, -0.25) is 9.89 Å². The molecule has 2 heterocycles. The second-order valence-electron chi connectivity index (χ2n) is 6.80. The van der Waals surface area contributed by atoms with Crippen LogP contribution in [0.5, 0.6) is 0 Å². The van der Waals surface area contributed by atoms with E-state index >= 15 is 0 Å². The third kappa shape index (κ3) is 7.56. The van der Waals surface area contributed by atoms with Crippen molar-refractivity contribution in [1.29, 1.82) is 0 Å². The molecule has 5 nitrogen and oxygen atoms in total. The van der Waals surface area contributed by atoms with Gasteiger partial charge in [0.1, 0.15) is 0 Å². The van der Waals surface area contributed by atoms with Crippen LogP contribution >= 0.6 is 24.0 Å². The maximum Gasteiger partial charge on any atom is 0.191 e. The molecule has 136 valence electrons. The first kappa shape index (κ1) is 21.0. The van der Waals surface area contributed by atoms with Crippen molar-refractivity contribution >= 4 is 29.9 Å². The summed E-state index contributed by atoms with van der Waals surface area (Å²) in [6.45, 7) is 12.7. The van der Waals surface area contributed by atoms with E-state index in [1.807, 2.05) is 0 Å². The van der Waals surface area contributed by atoms with E-state index in [-0.39, 0.29) is 24.0 Å². The molecular weight excluding hydrogens is 403 g/mol. The molecule has 2 atom stereocenters. The van der Waals surface area contributed by atoms with Gasteiger partial charge in [-0.05, 0) is 58.5 Å². The monoisotopic (exact) mass is 438 g/mol. The fraction of sp³-hybridized carbons (Fsp3) is 0.941. The van der Waals surface area contributed by atoms with Crippen LogP contribution in [0.1, 0.15) is 46.5 Å². The molecule has 0 saturated carbocycles. The minimum atomic E-state index is 0. The van der Waals surface area contributed by atoms with E-state index in [1.165, 1.54) is 32.4 Å². The van der Waals surface area contributed by atoms with E-state index < -0.39 is 0 Å². The third-order valence-electron chi connectivity index (χ3n) is 4.82. The van der Waals surface area contributed by atoms with Gasteiger partial charge in [0, 0.05) is 25.7 Å². The molecule has 2 aliphatic heterocycles. The summed E-state index contributed by atoms with van der Waals surface area (Å²) in [5.74, 6) is 1.81. The van der Waals surface area contributed by atoms with E-state index in [1.54, 1.807) is 0 Å². The summed E-state index contributed by atoms with van der Waals surface area (Å²) in [5, 5.41) is 6.76. The Kier molecular flexibility index (Phi) is 10.5. The number of hydrogen-bond acceptors (Lipinski definition) is 3. The molecule has 0 aromatic rings. The number of piperidine rings is 1. The lowest BCUT2D eigenvalue weighted by Crippen LogP contribution is -2.44. The predicted molar refractivity (Wildman–Crippen MR) is 108 cm³/mol. The summed E-state index contributed by atoms with van der Waals surface area (Å²) in [5.41, 5.74) is 0. The zero-order chi connectivity index (χ0) is 15.8. The predicted octanol–water partition coefficient (Wildman–Crippen LogP) is 2.46. The molecule has 0 aromatic heterocycles. The number of nitrogens with zero attached hydrogens (tertiary/aromatic N) is 2. The lowest BCUT2D eigenvalue weighted by Gasteiger charge is -2.34. The van der Waals surface area contributed by atoms with Crippen molar-refractivity contribution in [2.24, 2.45) is 10.9 Å². The molecule has 2 rings (SSSR count). The molecule has 6 heteroatoms. The molecule has 23 heavy (non-hydrogen) atoms. The fourth-order valence-electron chi connectivity index (χ4n) is 3.17. The topological polar surface area (TPSA) is 48.9 Å². The summed E-state index contributed by atoms with van der Waals surface area (Å²) in [6, 6.07) is 0.519. The highest BCUT2D eigenvalue weighted by atomic mass is 127. The van der Waals surface area contributed by atoms with Crippen molar-refractivity contribution in [3.05, 3.63) is 0 Å². The van der Waals surface area contributed by atoms with Crippen LogP contribution < -0.4 is 10.6 Å². The number of likely N-dealkylation sites (tertiary alicyclic amines) is 1. The Balaban J connectivity index is 0.00000264. The maximum absolute atomic E-state index is 5.66. The Morgan fingerprint density at radius 1 is 1.26 bits per heavy atom. The summed E-state index contributed by atoms with van der Waals surface area (Å²) in [6.07, 6.45) is 5.35. The van der Waals surface area contributed by atoms with Crippen molar-refractivity contribution in [2.75, 3.05) is 39.3 Å². The number of aliphatic imine (C=N–C) groups is 1.